The Balaban J connectivity index is 1.19. The summed E-state index contributed by atoms with van der Waals surface area (Å²) in [5.41, 5.74) is 1.74. The molecule has 284 valence electrons. The zero-order valence-corrected chi connectivity index (χ0v) is 29.8. The smallest absolute Gasteiger partial charge is 0.395 e. The number of allylic oxidation sites excluding steroid dienone is 4. The van der Waals surface area contributed by atoms with Crippen molar-refractivity contribution in [3.63, 3.8) is 0 Å². The maximum atomic E-state index is 14.8. The number of nitrogens with zero attached hydrogens (tertiary/aromatic N) is 4. The van der Waals surface area contributed by atoms with Crippen LogP contribution in [0.4, 0.5) is 22.0 Å². The van der Waals surface area contributed by atoms with Crippen LogP contribution in [0, 0.1) is 29.1 Å². The van der Waals surface area contributed by atoms with Crippen molar-refractivity contribution in [1.82, 2.24) is 19.6 Å². The topological polar surface area (TPSA) is 76.6 Å². The maximum Gasteiger partial charge on any atom is 0.395 e. The molecule has 3 unspecified atom stereocenters. The summed E-state index contributed by atoms with van der Waals surface area (Å²) in [6, 6.07) is -0.513. The molecule has 51 heavy (non-hydrogen) atoms. The van der Waals surface area contributed by atoms with Gasteiger partial charge in [0.1, 0.15) is 13.3 Å². The molecule has 6 rings (SSSR count). The third kappa shape index (κ3) is 7.95. The van der Waals surface area contributed by atoms with Crippen molar-refractivity contribution in [2.75, 3.05) is 72.8 Å². The summed E-state index contributed by atoms with van der Waals surface area (Å²) in [6.45, 7) is 4.77. The number of piperidine rings is 2. The molecular weight excluding hydrogens is 671 g/mol. The molecule has 2 aliphatic carbocycles. The fourth-order valence-electron chi connectivity index (χ4n) is 9.44. The summed E-state index contributed by atoms with van der Waals surface area (Å²) in [5, 5.41) is 9.49. The van der Waals surface area contributed by atoms with E-state index in [4.69, 9.17) is 4.74 Å². The van der Waals surface area contributed by atoms with Crippen molar-refractivity contribution in [3.05, 3.63) is 47.2 Å². The SMILES string of the molecule is COC1C=CC([C@@H]2CN(C3CCN(C(CF)CF)CC3)CC2(C)C(=O)N2CCC(C3=CC[C@H](C(F)(F)F)C=C3N3CCC(C(=O)O)CC3)C2)=CC1. The van der Waals surface area contributed by atoms with Crippen LogP contribution in [-0.4, -0.2) is 134 Å². The van der Waals surface area contributed by atoms with Gasteiger partial charge in [0.15, 0.2) is 0 Å². The Morgan fingerprint density at radius 3 is 2.27 bits per heavy atom. The van der Waals surface area contributed by atoms with Crippen LogP contribution in [-0.2, 0) is 14.3 Å². The molecule has 6 aliphatic rings. The van der Waals surface area contributed by atoms with Gasteiger partial charge in [-0.05, 0) is 69.1 Å². The molecule has 13 heteroatoms. The Hall–Kier alpha value is -2.77. The van der Waals surface area contributed by atoms with Gasteiger partial charge >= 0.3 is 12.1 Å². The number of hydrogen-bond donors (Lipinski definition) is 1. The van der Waals surface area contributed by atoms with Crippen LogP contribution in [0.15, 0.2) is 47.2 Å². The van der Waals surface area contributed by atoms with Crippen molar-refractivity contribution in [3.8, 4) is 0 Å². The number of carbonyl (C=O) groups is 2. The average molecular weight is 725 g/mol. The van der Waals surface area contributed by atoms with Crippen molar-refractivity contribution >= 4 is 11.9 Å². The predicted octanol–water partition coefficient (Wildman–Crippen LogP) is 5.64. The lowest BCUT2D eigenvalue weighted by molar-refractivity contribution is -0.160. The van der Waals surface area contributed by atoms with Gasteiger partial charge in [0, 0.05) is 83.0 Å². The molecule has 0 bridgehead atoms. The van der Waals surface area contributed by atoms with Crippen LogP contribution in [0.5, 0.6) is 0 Å². The van der Waals surface area contributed by atoms with Gasteiger partial charge in [0.2, 0.25) is 5.91 Å². The molecule has 1 amide bonds. The fraction of sp³-hybridized carbons (Fsp3) is 0.737. The lowest BCUT2D eigenvalue weighted by atomic mass is 9.73. The maximum absolute atomic E-state index is 14.8. The molecule has 1 N–H and O–H groups in total. The summed E-state index contributed by atoms with van der Waals surface area (Å²) >= 11 is 0. The van der Waals surface area contributed by atoms with Crippen molar-refractivity contribution in [2.45, 2.75) is 76.2 Å². The zero-order chi connectivity index (χ0) is 36.5. The summed E-state index contributed by atoms with van der Waals surface area (Å²) in [7, 11) is 1.68. The normalized spacial score (nSPS) is 32.0. The molecule has 0 spiro atoms. The molecule has 0 aromatic heterocycles. The second-order valence-corrected chi connectivity index (χ2v) is 15.6. The van der Waals surface area contributed by atoms with Crippen molar-refractivity contribution in [1.29, 1.82) is 0 Å². The summed E-state index contributed by atoms with van der Waals surface area (Å²) < 4.78 is 74.2. The van der Waals surface area contributed by atoms with Gasteiger partial charge in [-0.3, -0.25) is 19.4 Å². The second kappa shape index (κ2) is 15.7. The first-order valence-corrected chi connectivity index (χ1v) is 18.6. The highest BCUT2D eigenvalue weighted by Crippen LogP contribution is 2.47. The first-order chi connectivity index (χ1) is 24.4. The monoisotopic (exact) mass is 724 g/mol. The number of carboxylic acids is 1. The van der Waals surface area contributed by atoms with Crippen LogP contribution in [0.2, 0.25) is 0 Å². The minimum Gasteiger partial charge on any atom is -0.481 e. The molecule has 0 aromatic rings. The average Bonchev–Trinajstić information content (AvgIpc) is 3.77. The number of halogens is 5. The standard InChI is InChI=1S/C38H53F5N4O4/c1-37(24-47(23-33(37)25-3-6-31(51-2)7-4-25)29-12-17-44(18-13-29)30(20-39)21-40)36(50)46-16-11-27(22-46)32-8-5-28(38(41,42)43)19-34(32)45-14-9-26(10-15-45)35(48)49/h3-4,6,8,19,26-31,33H,5,7,9-18,20-24H2,1-2H3,(H,48,49)/t27?,28-,31?,33-,37?/m0/s1. The van der Waals surface area contributed by atoms with E-state index in [2.05, 4.69) is 17.1 Å². The number of hydrogen-bond acceptors (Lipinski definition) is 6. The van der Waals surface area contributed by atoms with E-state index in [1.807, 2.05) is 27.7 Å². The third-order valence-corrected chi connectivity index (χ3v) is 12.7. The van der Waals surface area contributed by atoms with Gasteiger partial charge in [0.05, 0.1) is 29.4 Å². The van der Waals surface area contributed by atoms with E-state index < -0.39 is 48.8 Å². The van der Waals surface area contributed by atoms with Gasteiger partial charge in [0.25, 0.3) is 0 Å². The molecule has 4 fully saturated rings. The number of amides is 1. The van der Waals surface area contributed by atoms with E-state index >= 15 is 0 Å². The lowest BCUT2D eigenvalue weighted by Crippen LogP contribution is -2.50. The van der Waals surface area contributed by atoms with Crippen LogP contribution >= 0.6 is 0 Å². The third-order valence-electron chi connectivity index (χ3n) is 12.7. The molecule has 8 nitrogen and oxygen atoms in total. The molecular formula is C38H53F5N4O4. The second-order valence-electron chi connectivity index (χ2n) is 15.6. The van der Waals surface area contributed by atoms with Crippen LogP contribution in [0.3, 0.4) is 0 Å². The van der Waals surface area contributed by atoms with E-state index in [9.17, 15) is 36.6 Å². The van der Waals surface area contributed by atoms with Crippen LogP contribution in [0.1, 0.15) is 51.9 Å². The Morgan fingerprint density at radius 2 is 1.69 bits per heavy atom. The highest BCUT2D eigenvalue weighted by atomic mass is 19.4. The summed E-state index contributed by atoms with van der Waals surface area (Å²) in [4.78, 5) is 34.5. The van der Waals surface area contributed by atoms with E-state index in [0.29, 0.717) is 83.7 Å². The molecule has 0 aromatic carbocycles. The minimum absolute atomic E-state index is 0.0197. The number of ether oxygens (including phenoxy) is 1. The Bertz CT molecular complexity index is 1400. The van der Waals surface area contributed by atoms with E-state index in [-0.39, 0.29) is 36.3 Å². The van der Waals surface area contributed by atoms with Crippen molar-refractivity contribution < 1.29 is 41.4 Å². The van der Waals surface area contributed by atoms with Gasteiger partial charge in [-0.15, -0.1) is 0 Å². The molecule has 0 saturated carbocycles. The summed E-state index contributed by atoms with van der Waals surface area (Å²) in [5.74, 6) is -3.12. The first kappa shape index (κ1) is 38.0. The highest BCUT2D eigenvalue weighted by molar-refractivity contribution is 5.84. The van der Waals surface area contributed by atoms with E-state index in [0.717, 1.165) is 24.0 Å². The molecule has 4 saturated heterocycles. The zero-order valence-electron chi connectivity index (χ0n) is 29.8. The van der Waals surface area contributed by atoms with Gasteiger partial charge in [-0.2, -0.15) is 13.2 Å². The Morgan fingerprint density at radius 1 is 0.980 bits per heavy atom. The number of rotatable bonds is 10. The van der Waals surface area contributed by atoms with Crippen molar-refractivity contribution in [2.24, 2.45) is 29.1 Å². The number of carbonyl (C=O) groups excluding carboxylic acids is 1. The van der Waals surface area contributed by atoms with Crippen LogP contribution in [0.25, 0.3) is 0 Å². The Labute approximate surface area is 298 Å². The quantitative estimate of drug-likeness (QED) is 0.293. The molecule has 0 radical (unpaired) electrons. The van der Waals surface area contributed by atoms with E-state index in [1.54, 1.807) is 13.2 Å². The highest BCUT2D eigenvalue weighted by Gasteiger charge is 2.53. The van der Waals surface area contributed by atoms with Gasteiger partial charge in [-0.1, -0.05) is 24.3 Å². The molecule has 4 heterocycles. The van der Waals surface area contributed by atoms with Crippen LogP contribution < -0.4 is 0 Å². The van der Waals surface area contributed by atoms with Gasteiger partial charge < -0.3 is 19.6 Å². The first-order valence-electron chi connectivity index (χ1n) is 18.6. The molecule has 4 aliphatic heterocycles. The number of carboxylic acid groups (broad SMARTS) is 1. The van der Waals surface area contributed by atoms with E-state index in [1.165, 1.54) is 6.08 Å². The predicted molar refractivity (Wildman–Crippen MR) is 183 cm³/mol. The number of aliphatic carboxylic acids is 1. The minimum atomic E-state index is -4.38. The molecule has 5 atom stereocenters. The largest absolute Gasteiger partial charge is 0.481 e. The fourth-order valence-corrected chi connectivity index (χ4v) is 9.44. The lowest BCUT2D eigenvalue weighted by Gasteiger charge is -2.39. The number of alkyl halides is 5. The van der Waals surface area contributed by atoms with Gasteiger partial charge in [-0.25, -0.2) is 8.78 Å². The number of likely N-dealkylation sites (tertiary alicyclic amines) is 4. The summed E-state index contributed by atoms with van der Waals surface area (Å²) in [6.07, 6.45) is 8.43. The Kier molecular flexibility index (Phi) is 11.7. The number of methoxy groups -OCH3 is 1.